The van der Waals surface area contributed by atoms with E-state index in [2.05, 4.69) is 6.92 Å². The molecule has 0 spiro atoms. The number of halogens is 3. The van der Waals surface area contributed by atoms with E-state index < -0.39 is 15.0 Å². The molecule has 0 aromatic rings. The van der Waals surface area contributed by atoms with E-state index in [1.54, 1.807) is 0 Å². The molecule has 0 saturated carbocycles. The van der Waals surface area contributed by atoms with Crippen LogP contribution in [-0.2, 0) is 0 Å². The Kier molecular flexibility index (Phi) is 14.9. The predicted octanol–water partition coefficient (Wildman–Crippen LogP) is 7.34. The molecular weight excluding hydrogens is 393 g/mol. The zero-order valence-corrected chi connectivity index (χ0v) is 16.9. The van der Waals surface area contributed by atoms with E-state index in [0.717, 1.165) is 10.9 Å². The van der Waals surface area contributed by atoms with Crippen LogP contribution in [0.25, 0.3) is 0 Å². The van der Waals surface area contributed by atoms with Crippen LogP contribution in [0.5, 0.6) is 0 Å². The second kappa shape index (κ2) is 13.6. The van der Waals surface area contributed by atoms with Gasteiger partial charge in [-0.05, 0) is 0 Å². The van der Waals surface area contributed by atoms with Gasteiger partial charge in [-0.1, -0.05) is 13.3 Å². The predicted molar refractivity (Wildman–Crippen MR) is 89.2 cm³/mol. The van der Waals surface area contributed by atoms with Crippen molar-refractivity contribution in [1.29, 1.82) is 0 Å². The minimum absolute atomic E-state index is 0.900. The van der Waals surface area contributed by atoms with Gasteiger partial charge >= 0.3 is 117 Å². The second-order valence-electron chi connectivity index (χ2n) is 5.25. The average molecular weight is 422 g/mol. The molecule has 0 bridgehead atoms. The first-order valence-corrected chi connectivity index (χ1v) is 20.5. The third-order valence-corrected chi connectivity index (χ3v) is 9.74. The third-order valence-electron chi connectivity index (χ3n) is 3.31. The zero-order valence-electron chi connectivity index (χ0n) is 11.8. The first kappa shape index (κ1) is 19.7. The Labute approximate surface area is 129 Å². The topological polar surface area (TPSA) is 0 Å². The van der Waals surface area contributed by atoms with Crippen LogP contribution in [0.3, 0.4) is 0 Å². The molecule has 0 fully saturated rings. The van der Waals surface area contributed by atoms with Crippen LogP contribution >= 0.6 is 26.8 Å². The van der Waals surface area contributed by atoms with Gasteiger partial charge in [0.15, 0.2) is 0 Å². The molecule has 0 amide bonds. The van der Waals surface area contributed by atoms with E-state index in [0.29, 0.717) is 0 Å². The molecule has 0 saturated heterocycles. The van der Waals surface area contributed by atoms with Crippen molar-refractivity contribution in [3.05, 3.63) is 0 Å². The van der Waals surface area contributed by atoms with E-state index in [9.17, 15) is 0 Å². The van der Waals surface area contributed by atoms with Crippen LogP contribution in [0.2, 0.25) is 4.44 Å². The zero-order chi connectivity index (χ0) is 13.7. The summed E-state index contributed by atoms with van der Waals surface area (Å²) in [6.45, 7) is 2.27. The van der Waals surface area contributed by atoms with Gasteiger partial charge < -0.3 is 0 Å². The fourth-order valence-corrected chi connectivity index (χ4v) is 6.71. The van der Waals surface area contributed by atoms with Crippen molar-refractivity contribution in [3.63, 3.8) is 0 Å². The quantitative estimate of drug-likeness (QED) is 0.215. The minimum atomic E-state index is -3.00. The summed E-state index contributed by atoms with van der Waals surface area (Å²) < 4.78 is 0.900. The summed E-state index contributed by atoms with van der Waals surface area (Å²) in [4.78, 5) is 0. The molecule has 110 valence electrons. The summed E-state index contributed by atoms with van der Waals surface area (Å²) in [6, 6.07) is 0. The molecule has 18 heavy (non-hydrogen) atoms. The molecular formula is C14H29Cl3Sn. The van der Waals surface area contributed by atoms with Gasteiger partial charge in [0.05, 0.1) is 0 Å². The summed E-state index contributed by atoms with van der Waals surface area (Å²) in [5.74, 6) is 0. The van der Waals surface area contributed by atoms with Gasteiger partial charge in [-0.3, -0.25) is 0 Å². The Hall–Kier alpha value is 1.67. The first-order valence-electron chi connectivity index (χ1n) is 7.63. The molecule has 0 radical (unpaired) electrons. The molecule has 0 atom stereocenters. The Morgan fingerprint density at radius 1 is 0.556 bits per heavy atom. The summed E-state index contributed by atoms with van der Waals surface area (Å²) in [5, 5.41) is 0. The van der Waals surface area contributed by atoms with Crippen molar-refractivity contribution >= 4 is 41.8 Å². The molecule has 0 aliphatic carbocycles. The Balaban J connectivity index is 2.99. The van der Waals surface area contributed by atoms with Gasteiger partial charge in [0.2, 0.25) is 0 Å². The molecule has 4 heteroatoms. The fourth-order valence-electron chi connectivity index (χ4n) is 2.17. The average Bonchev–Trinajstić information content (AvgIpc) is 2.29. The molecule has 0 N–H and O–H groups in total. The van der Waals surface area contributed by atoms with Gasteiger partial charge in [0.25, 0.3) is 0 Å². The number of hydrogen-bond donors (Lipinski definition) is 0. The standard InChI is InChI=1S/C14H29.3ClH.Sn/c1-3-5-7-9-11-13-14-12-10-8-6-4-2;;;;/h1,3-14H2,2H3;3*1H;/q;;;;+3/p-3. The summed E-state index contributed by atoms with van der Waals surface area (Å²) >= 11 is -3.00. The fraction of sp³-hybridized carbons (Fsp3) is 1.00. The van der Waals surface area contributed by atoms with Gasteiger partial charge in [-0.15, -0.1) is 0 Å². The van der Waals surface area contributed by atoms with Crippen LogP contribution < -0.4 is 0 Å². The Morgan fingerprint density at radius 2 is 0.889 bits per heavy atom. The maximum absolute atomic E-state index is 5.91. The van der Waals surface area contributed by atoms with Crippen molar-refractivity contribution < 1.29 is 0 Å². The summed E-state index contributed by atoms with van der Waals surface area (Å²) in [7, 11) is 17.7. The van der Waals surface area contributed by atoms with Crippen LogP contribution in [0.1, 0.15) is 84.0 Å². The molecule has 0 aromatic heterocycles. The van der Waals surface area contributed by atoms with Gasteiger partial charge in [0.1, 0.15) is 0 Å². The van der Waals surface area contributed by atoms with E-state index in [1.165, 1.54) is 70.6 Å². The Bertz CT molecular complexity index is 169. The molecule has 0 rings (SSSR count). The van der Waals surface area contributed by atoms with Crippen molar-refractivity contribution in [1.82, 2.24) is 0 Å². The normalized spacial score (nSPS) is 12.0. The van der Waals surface area contributed by atoms with Crippen molar-refractivity contribution in [2.75, 3.05) is 0 Å². The Morgan fingerprint density at radius 3 is 1.22 bits per heavy atom. The summed E-state index contributed by atoms with van der Waals surface area (Å²) in [6.07, 6.45) is 16.4. The second-order valence-corrected chi connectivity index (χ2v) is 27.1. The van der Waals surface area contributed by atoms with Gasteiger partial charge in [0, 0.05) is 0 Å². The molecule has 0 aliphatic heterocycles. The molecule has 0 heterocycles. The SMILES string of the molecule is CCCCCCCCCCCCC[CH2][Sn]([Cl])([Cl])[Cl]. The van der Waals surface area contributed by atoms with Gasteiger partial charge in [-0.25, -0.2) is 0 Å². The first-order chi connectivity index (χ1) is 8.56. The van der Waals surface area contributed by atoms with Crippen molar-refractivity contribution in [2.45, 2.75) is 88.4 Å². The molecule has 0 unspecified atom stereocenters. The van der Waals surface area contributed by atoms with E-state index >= 15 is 0 Å². The molecule has 0 aromatic carbocycles. The van der Waals surface area contributed by atoms with Gasteiger partial charge in [-0.2, -0.15) is 0 Å². The van der Waals surface area contributed by atoms with E-state index in [4.69, 9.17) is 26.8 Å². The van der Waals surface area contributed by atoms with Crippen molar-refractivity contribution in [3.8, 4) is 0 Å². The maximum atomic E-state index is 5.91. The number of hydrogen-bond acceptors (Lipinski definition) is 0. The van der Waals surface area contributed by atoms with Crippen LogP contribution in [0.15, 0.2) is 0 Å². The molecule has 0 aliphatic rings. The van der Waals surface area contributed by atoms with E-state index in [-0.39, 0.29) is 0 Å². The summed E-state index contributed by atoms with van der Waals surface area (Å²) in [5.41, 5.74) is 0. The van der Waals surface area contributed by atoms with Crippen molar-refractivity contribution in [2.24, 2.45) is 0 Å². The number of rotatable bonds is 13. The molecule has 0 nitrogen and oxygen atoms in total. The van der Waals surface area contributed by atoms with Crippen LogP contribution in [0, 0.1) is 0 Å². The van der Waals surface area contributed by atoms with Crippen LogP contribution in [-0.4, -0.2) is 15.0 Å². The van der Waals surface area contributed by atoms with E-state index in [1.807, 2.05) is 0 Å². The monoisotopic (exact) mass is 422 g/mol. The third kappa shape index (κ3) is 17.7. The van der Waals surface area contributed by atoms with Crippen LogP contribution in [0.4, 0.5) is 0 Å². The number of unbranched alkanes of at least 4 members (excludes halogenated alkanes) is 11.